The molecule has 0 saturated heterocycles. The minimum Gasteiger partial charge on any atom is -0.245 e. The summed E-state index contributed by atoms with van der Waals surface area (Å²) in [7, 11) is 0. The quantitative estimate of drug-likeness (QED) is 0.606. The van der Waals surface area contributed by atoms with Gasteiger partial charge in [0, 0.05) is 6.20 Å². The first kappa shape index (κ1) is 9.73. The standard InChI is InChI=1S/C11H14N2/c1-8-5-9(11(2,3)4)7-13-10(8)6-12/h5,7H,1-4H3. The lowest BCUT2D eigenvalue weighted by molar-refractivity contribution is 0.586. The molecule has 2 nitrogen and oxygen atoms in total. The van der Waals surface area contributed by atoms with Crippen molar-refractivity contribution in [3.63, 3.8) is 0 Å². The molecule has 0 aromatic carbocycles. The van der Waals surface area contributed by atoms with Crippen LogP contribution < -0.4 is 0 Å². The molecule has 1 aromatic rings. The van der Waals surface area contributed by atoms with Crippen LogP contribution in [0.15, 0.2) is 12.3 Å². The van der Waals surface area contributed by atoms with Crippen molar-refractivity contribution in [1.29, 1.82) is 5.26 Å². The molecule has 0 aliphatic carbocycles. The van der Waals surface area contributed by atoms with Gasteiger partial charge >= 0.3 is 0 Å². The second kappa shape index (κ2) is 3.18. The average Bonchev–Trinajstić information content (AvgIpc) is 2.02. The van der Waals surface area contributed by atoms with Crippen molar-refractivity contribution in [3.05, 3.63) is 29.1 Å². The van der Waals surface area contributed by atoms with Gasteiger partial charge in [0.05, 0.1) is 0 Å². The third kappa shape index (κ3) is 2.06. The Kier molecular flexibility index (Phi) is 2.38. The summed E-state index contributed by atoms with van der Waals surface area (Å²) in [6.07, 6.45) is 1.78. The van der Waals surface area contributed by atoms with E-state index in [1.165, 1.54) is 5.56 Å². The first-order valence-electron chi connectivity index (χ1n) is 4.32. The van der Waals surface area contributed by atoms with Gasteiger partial charge < -0.3 is 0 Å². The van der Waals surface area contributed by atoms with Crippen LogP contribution >= 0.6 is 0 Å². The molecule has 1 rings (SSSR count). The minimum absolute atomic E-state index is 0.103. The number of nitriles is 1. The number of pyridine rings is 1. The normalized spacial score (nSPS) is 11.0. The summed E-state index contributed by atoms with van der Waals surface area (Å²) >= 11 is 0. The van der Waals surface area contributed by atoms with Gasteiger partial charge in [-0.15, -0.1) is 0 Å². The molecule has 0 aliphatic rings. The van der Waals surface area contributed by atoms with Gasteiger partial charge in [-0.25, -0.2) is 4.98 Å². The topological polar surface area (TPSA) is 36.7 Å². The number of rotatable bonds is 0. The van der Waals surface area contributed by atoms with Gasteiger partial charge in [0.15, 0.2) is 0 Å². The number of hydrogen-bond donors (Lipinski definition) is 0. The molecule has 0 amide bonds. The smallest absolute Gasteiger partial charge is 0.143 e. The summed E-state index contributed by atoms with van der Waals surface area (Å²) in [5, 5.41) is 8.70. The molecule has 0 aliphatic heterocycles. The van der Waals surface area contributed by atoms with Crippen LogP contribution in [0.25, 0.3) is 0 Å². The van der Waals surface area contributed by atoms with Gasteiger partial charge in [-0.1, -0.05) is 26.8 Å². The van der Waals surface area contributed by atoms with Gasteiger partial charge in [-0.3, -0.25) is 0 Å². The van der Waals surface area contributed by atoms with Crippen LogP contribution in [0, 0.1) is 18.3 Å². The van der Waals surface area contributed by atoms with Crippen molar-refractivity contribution < 1.29 is 0 Å². The molecule has 0 unspecified atom stereocenters. The zero-order valence-electron chi connectivity index (χ0n) is 8.55. The third-order valence-electron chi connectivity index (χ3n) is 2.05. The van der Waals surface area contributed by atoms with E-state index in [1.54, 1.807) is 6.20 Å². The van der Waals surface area contributed by atoms with Crippen molar-refractivity contribution in [1.82, 2.24) is 4.98 Å². The second-order valence-corrected chi connectivity index (χ2v) is 4.25. The van der Waals surface area contributed by atoms with E-state index in [9.17, 15) is 0 Å². The summed E-state index contributed by atoms with van der Waals surface area (Å²) in [6, 6.07) is 4.10. The Labute approximate surface area is 79.2 Å². The van der Waals surface area contributed by atoms with E-state index in [0.717, 1.165) is 5.56 Å². The highest BCUT2D eigenvalue weighted by Crippen LogP contribution is 2.22. The van der Waals surface area contributed by atoms with E-state index in [4.69, 9.17) is 5.26 Å². The first-order valence-corrected chi connectivity index (χ1v) is 4.32. The Morgan fingerprint density at radius 1 is 1.38 bits per heavy atom. The van der Waals surface area contributed by atoms with Crippen LogP contribution in [0.1, 0.15) is 37.6 Å². The fraction of sp³-hybridized carbons (Fsp3) is 0.455. The molecule has 0 radical (unpaired) electrons. The van der Waals surface area contributed by atoms with Crippen LogP contribution in [0.3, 0.4) is 0 Å². The molecule has 13 heavy (non-hydrogen) atoms. The monoisotopic (exact) mass is 174 g/mol. The lowest BCUT2D eigenvalue weighted by Crippen LogP contribution is -2.12. The summed E-state index contributed by atoms with van der Waals surface area (Å²) in [5.74, 6) is 0. The maximum absolute atomic E-state index is 8.70. The van der Waals surface area contributed by atoms with Crippen molar-refractivity contribution in [2.45, 2.75) is 33.1 Å². The van der Waals surface area contributed by atoms with Gasteiger partial charge in [0.25, 0.3) is 0 Å². The zero-order valence-corrected chi connectivity index (χ0v) is 8.55. The van der Waals surface area contributed by atoms with Crippen molar-refractivity contribution >= 4 is 0 Å². The Balaban J connectivity index is 3.20. The lowest BCUT2D eigenvalue weighted by Gasteiger charge is -2.18. The highest BCUT2D eigenvalue weighted by atomic mass is 14.7. The summed E-state index contributed by atoms with van der Waals surface area (Å²) in [5.41, 5.74) is 2.75. The predicted molar refractivity (Wildman–Crippen MR) is 52.4 cm³/mol. The Bertz CT molecular complexity index is 353. The number of hydrogen-bond acceptors (Lipinski definition) is 2. The van der Waals surface area contributed by atoms with Crippen LogP contribution in [-0.2, 0) is 5.41 Å². The fourth-order valence-corrected chi connectivity index (χ4v) is 1.10. The van der Waals surface area contributed by atoms with Gasteiger partial charge in [0.2, 0.25) is 0 Å². The summed E-state index contributed by atoms with van der Waals surface area (Å²) in [6.45, 7) is 8.32. The van der Waals surface area contributed by atoms with Crippen LogP contribution in [0.4, 0.5) is 0 Å². The molecular formula is C11H14N2. The van der Waals surface area contributed by atoms with Crippen molar-refractivity contribution in [2.24, 2.45) is 0 Å². The van der Waals surface area contributed by atoms with Crippen molar-refractivity contribution in [3.8, 4) is 6.07 Å². The highest BCUT2D eigenvalue weighted by molar-refractivity contribution is 5.34. The van der Waals surface area contributed by atoms with Gasteiger partial charge in [-0.05, 0) is 23.5 Å². The number of aryl methyl sites for hydroxylation is 1. The zero-order chi connectivity index (χ0) is 10.1. The Morgan fingerprint density at radius 3 is 2.38 bits per heavy atom. The molecule has 0 saturated carbocycles. The van der Waals surface area contributed by atoms with Gasteiger partial charge in [-0.2, -0.15) is 5.26 Å². The molecule has 0 spiro atoms. The Hall–Kier alpha value is -1.36. The number of nitrogens with zero attached hydrogens (tertiary/aromatic N) is 2. The molecule has 0 bridgehead atoms. The molecule has 1 heterocycles. The molecule has 0 atom stereocenters. The molecule has 0 N–H and O–H groups in total. The van der Waals surface area contributed by atoms with Crippen LogP contribution in [0.5, 0.6) is 0 Å². The summed E-state index contributed by atoms with van der Waals surface area (Å²) < 4.78 is 0. The van der Waals surface area contributed by atoms with Gasteiger partial charge in [0.1, 0.15) is 11.8 Å². The predicted octanol–water partition coefficient (Wildman–Crippen LogP) is 2.56. The SMILES string of the molecule is Cc1cc(C(C)(C)C)cnc1C#N. The van der Waals surface area contributed by atoms with Crippen LogP contribution in [0.2, 0.25) is 0 Å². The molecule has 68 valence electrons. The molecule has 1 aromatic heterocycles. The summed E-state index contributed by atoms with van der Waals surface area (Å²) in [4.78, 5) is 4.10. The molecule has 0 fully saturated rings. The Morgan fingerprint density at radius 2 is 2.00 bits per heavy atom. The molecular weight excluding hydrogens is 160 g/mol. The van der Waals surface area contributed by atoms with E-state index in [2.05, 4.69) is 31.8 Å². The largest absolute Gasteiger partial charge is 0.245 e. The maximum Gasteiger partial charge on any atom is 0.143 e. The van der Waals surface area contributed by atoms with Crippen LogP contribution in [-0.4, -0.2) is 4.98 Å². The van der Waals surface area contributed by atoms with E-state index in [1.807, 2.05) is 13.0 Å². The van der Waals surface area contributed by atoms with Crippen molar-refractivity contribution in [2.75, 3.05) is 0 Å². The molecule has 2 heteroatoms. The van der Waals surface area contributed by atoms with E-state index in [0.29, 0.717) is 5.69 Å². The fourth-order valence-electron chi connectivity index (χ4n) is 1.10. The minimum atomic E-state index is 0.103. The number of aromatic nitrogens is 1. The average molecular weight is 174 g/mol. The van der Waals surface area contributed by atoms with E-state index < -0.39 is 0 Å². The van der Waals surface area contributed by atoms with E-state index in [-0.39, 0.29) is 5.41 Å². The lowest BCUT2D eigenvalue weighted by atomic mass is 9.87. The second-order valence-electron chi connectivity index (χ2n) is 4.25. The first-order chi connectivity index (χ1) is 5.95. The third-order valence-corrected chi connectivity index (χ3v) is 2.05. The maximum atomic E-state index is 8.70. The highest BCUT2D eigenvalue weighted by Gasteiger charge is 2.14. The van der Waals surface area contributed by atoms with E-state index >= 15 is 0 Å².